The molecule has 0 unspecified atom stereocenters. The highest BCUT2D eigenvalue weighted by Crippen LogP contribution is 2.31. The predicted molar refractivity (Wildman–Crippen MR) is 116 cm³/mol. The van der Waals surface area contributed by atoms with Crippen molar-refractivity contribution < 1.29 is 14.0 Å². The Morgan fingerprint density at radius 3 is 2.23 bits per heavy atom. The van der Waals surface area contributed by atoms with Crippen LogP contribution in [0.1, 0.15) is 24.8 Å². The van der Waals surface area contributed by atoms with E-state index in [0.717, 1.165) is 23.7 Å². The van der Waals surface area contributed by atoms with Crippen molar-refractivity contribution in [3.8, 4) is 0 Å². The molecule has 2 aliphatic rings. The monoisotopic (exact) mass is 405 g/mol. The van der Waals surface area contributed by atoms with Crippen molar-refractivity contribution in [1.29, 1.82) is 0 Å². The Morgan fingerprint density at radius 2 is 1.60 bits per heavy atom. The highest BCUT2D eigenvalue weighted by atomic mass is 19.1. The minimum Gasteiger partial charge on any atom is -0.372 e. The van der Waals surface area contributed by atoms with Gasteiger partial charge in [-0.2, -0.15) is 0 Å². The minimum absolute atomic E-state index is 0.113. The third kappa shape index (κ3) is 3.85. The van der Waals surface area contributed by atoms with Gasteiger partial charge in [-0.25, -0.2) is 4.39 Å². The molecule has 2 aromatic carbocycles. The van der Waals surface area contributed by atoms with Crippen molar-refractivity contribution in [1.82, 2.24) is 4.90 Å². The van der Waals surface area contributed by atoms with Crippen LogP contribution in [0, 0.1) is 5.82 Å². The number of halogens is 1. The van der Waals surface area contributed by atoms with Gasteiger partial charge in [0.25, 0.3) is 11.8 Å². The first kappa shape index (κ1) is 19.9. The van der Waals surface area contributed by atoms with Gasteiger partial charge < -0.3 is 10.2 Å². The van der Waals surface area contributed by atoms with Crippen LogP contribution in [0.3, 0.4) is 0 Å². The second-order valence-corrected chi connectivity index (χ2v) is 7.49. The molecule has 1 saturated heterocycles. The molecule has 0 radical (unpaired) electrons. The summed E-state index contributed by atoms with van der Waals surface area (Å²) < 4.78 is 13.4. The average molecular weight is 405 g/mol. The van der Waals surface area contributed by atoms with Gasteiger partial charge >= 0.3 is 0 Å². The Labute approximate surface area is 175 Å². The zero-order chi connectivity index (χ0) is 21.1. The fraction of sp³-hybridized carbons (Fsp3) is 0.250. The standard InChI is InChI=1S/C24H24FN3O2/c1-2-14-28-23(29)21(17-6-8-18(25)9-7-17)22(24(28)30)26-19-10-12-20(13-11-19)27-15-4-3-5-16-27/h2,6-13,26H,1,3-5,14-16H2. The number of anilines is 2. The van der Waals surface area contributed by atoms with E-state index in [1.807, 2.05) is 24.3 Å². The molecule has 0 aromatic heterocycles. The number of amides is 2. The summed E-state index contributed by atoms with van der Waals surface area (Å²) in [4.78, 5) is 29.3. The second-order valence-electron chi connectivity index (χ2n) is 7.49. The van der Waals surface area contributed by atoms with E-state index < -0.39 is 17.6 Å². The Balaban J connectivity index is 1.64. The maximum atomic E-state index is 13.4. The topological polar surface area (TPSA) is 52.7 Å². The maximum absolute atomic E-state index is 13.4. The van der Waals surface area contributed by atoms with Crippen LogP contribution in [0.15, 0.2) is 66.9 Å². The third-order valence-electron chi connectivity index (χ3n) is 5.47. The molecule has 1 N–H and O–H groups in total. The maximum Gasteiger partial charge on any atom is 0.278 e. The summed E-state index contributed by atoms with van der Waals surface area (Å²) in [6.45, 7) is 5.84. The van der Waals surface area contributed by atoms with Gasteiger partial charge in [-0.1, -0.05) is 18.2 Å². The number of benzene rings is 2. The summed E-state index contributed by atoms with van der Waals surface area (Å²) in [6.07, 6.45) is 5.18. The molecule has 2 aliphatic heterocycles. The summed E-state index contributed by atoms with van der Waals surface area (Å²) in [6, 6.07) is 13.4. The quantitative estimate of drug-likeness (QED) is 0.578. The van der Waals surface area contributed by atoms with Gasteiger partial charge in [0, 0.05) is 31.0 Å². The van der Waals surface area contributed by atoms with Gasteiger partial charge in [0.15, 0.2) is 0 Å². The molecule has 0 bridgehead atoms. The number of hydrogen-bond donors (Lipinski definition) is 1. The molecule has 4 rings (SSSR count). The molecular weight excluding hydrogens is 381 g/mol. The Morgan fingerprint density at radius 1 is 0.933 bits per heavy atom. The highest BCUT2D eigenvalue weighted by Gasteiger charge is 2.38. The number of imide groups is 1. The Hall–Kier alpha value is -3.41. The SMILES string of the molecule is C=CCN1C(=O)C(Nc2ccc(N3CCCCC3)cc2)=C(c2ccc(F)cc2)C1=O. The van der Waals surface area contributed by atoms with Crippen molar-refractivity contribution in [2.24, 2.45) is 0 Å². The number of hydrogen-bond acceptors (Lipinski definition) is 4. The normalized spacial score (nSPS) is 17.0. The molecule has 30 heavy (non-hydrogen) atoms. The summed E-state index contributed by atoms with van der Waals surface area (Å²) in [5.41, 5.74) is 2.79. The van der Waals surface area contributed by atoms with E-state index in [-0.39, 0.29) is 17.8 Å². The minimum atomic E-state index is -0.418. The van der Waals surface area contributed by atoms with Crippen LogP contribution in [0.4, 0.5) is 15.8 Å². The van der Waals surface area contributed by atoms with Crippen molar-refractivity contribution in [3.05, 3.63) is 78.3 Å². The van der Waals surface area contributed by atoms with E-state index in [9.17, 15) is 14.0 Å². The molecule has 5 nitrogen and oxygen atoms in total. The first-order chi connectivity index (χ1) is 14.6. The fourth-order valence-corrected chi connectivity index (χ4v) is 3.92. The predicted octanol–water partition coefficient (Wildman–Crippen LogP) is 4.19. The van der Waals surface area contributed by atoms with E-state index in [4.69, 9.17) is 0 Å². The van der Waals surface area contributed by atoms with Crippen molar-refractivity contribution in [2.75, 3.05) is 29.9 Å². The lowest BCUT2D eigenvalue weighted by Crippen LogP contribution is -2.32. The zero-order valence-corrected chi connectivity index (χ0v) is 16.7. The van der Waals surface area contributed by atoms with E-state index in [0.29, 0.717) is 11.3 Å². The number of piperidine rings is 1. The Kier molecular flexibility index (Phi) is 5.65. The molecule has 0 atom stereocenters. The lowest BCUT2D eigenvalue weighted by Gasteiger charge is -2.28. The molecule has 0 spiro atoms. The number of nitrogens with one attached hydrogen (secondary N) is 1. The molecule has 2 heterocycles. The van der Waals surface area contributed by atoms with Crippen LogP contribution >= 0.6 is 0 Å². The fourth-order valence-electron chi connectivity index (χ4n) is 3.92. The number of rotatable bonds is 6. The van der Waals surface area contributed by atoms with E-state index in [1.54, 1.807) is 0 Å². The summed E-state index contributed by atoms with van der Waals surface area (Å²) >= 11 is 0. The summed E-state index contributed by atoms with van der Waals surface area (Å²) in [5.74, 6) is -1.24. The van der Waals surface area contributed by atoms with Crippen LogP contribution in [0.5, 0.6) is 0 Å². The average Bonchev–Trinajstić information content (AvgIpc) is 3.00. The van der Waals surface area contributed by atoms with Gasteiger partial charge in [-0.05, 0) is 61.2 Å². The lowest BCUT2D eigenvalue weighted by atomic mass is 10.0. The van der Waals surface area contributed by atoms with Crippen molar-refractivity contribution in [3.63, 3.8) is 0 Å². The van der Waals surface area contributed by atoms with E-state index in [1.165, 1.54) is 49.6 Å². The van der Waals surface area contributed by atoms with Crippen LogP contribution in [-0.4, -0.2) is 36.3 Å². The van der Waals surface area contributed by atoms with Crippen molar-refractivity contribution in [2.45, 2.75) is 19.3 Å². The Bertz CT molecular complexity index is 990. The zero-order valence-electron chi connectivity index (χ0n) is 16.7. The molecule has 2 amide bonds. The molecule has 0 saturated carbocycles. The van der Waals surface area contributed by atoms with Crippen LogP contribution < -0.4 is 10.2 Å². The van der Waals surface area contributed by atoms with E-state index >= 15 is 0 Å². The first-order valence-corrected chi connectivity index (χ1v) is 10.2. The number of carbonyl (C=O) groups excluding carboxylic acids is 2. The highest BCUT2D eigenvalue weighted by molar-refractivity contribution is 6.36. The number of nitrogens with zero attached hydrogens (tertiary/aromatic N) is 2. The molecule has 6 heteroatoms. The first-order valence-electron chi connectivity index (χ1n) is 10.2. The third-order valence-corrected chi connectivity index (χ3v) is 5.47. The van der Waals surface area contributed by atoms with Crippen molar-refractivity contribution >= 4 is 28.8 Å². The molecular formula is C24H24FN3O2. The van der Waals surface area contributed by atoms with Crippen LogP contribution in [0.2, 0.25) is 0 Å². The number of carbonyl (C=O) groups is 2. The van der Waals surface area contributed by atoms with Gasteiger partial charge in [0.05, 0.1) is 5.57 Å². The molecule has 1 fully saturated rings. The van der Waals surface area contributed by atoms with Crippen LogP contribution in [0.25, 0.3) is 5.57 Å². The second kappa shape index (κ2) is 8.53. The van der Waals surface area contributed by atoms with Gasteiger partial charge in [-0.3, -0.25) is 14.5 Å². The van der Waals surface area contributed by atoms with Crippen LogP contribution in [-0.2, 0) is 9.59 Å². The lowest BCUT2D eigenvalue weighted by molar-refractivity contribution is -0.136. The summed E-state index contributed by atoms with van der Waals surface area (Å²) in [5, 5.41) is 3.12. The molecule has 0 aliphatic carbocycles. The van der Waals surface area contributed by atoms with Gasteiger partial charge in [0.2, 0.25) is 0 Å². The largest absolute Gasteiger partial charge is 0.372 e. The van der Waals surface area contributed by atoms with E-state index in [2.05, 4.69) is 16.8 Å². The smallest absolute Gasteiger partial charge is 0.278 e. The van der Waals surface area contributed by atoms with Gasteiger partial charge in [0.1, 0.15) is 11.5 Å². The van der Waals surface area contributed by atoms with Gasteiger partial charge in [-0.15, -0.1) is 6.58 Å². The summed E-state index contributed by atoms with van der Waals surface area (Å²) in [7, 11) is 0. The molecule has 154 valence electrons. The molecule has 2 aromatic rings.